The van der Waals surface area contributed by atoms with Crippen LogP contribution in [0.25, 0.3) is 11.1 Å². The van der Waals surface area contributed by atoms with Gasteiger partial charge in [-0.3, -0.25) is 9.59 Å². The summed E-state index contributed by atoms with van der Waals surface area (Å²) in [7, 11) is 0. The van der Waals surface area contributed by atoms with Crippen LogP contribution in [0.5, 0.6) is 0 Å². The van der Waals surface area contributed by atoms with E-state index in [1.807, 2.05) is 0 Å². The predicted molar refractivity (Wildman–Crippen MR) is 86.6 cm³/mol. The predicted octanol–water partition coefficient (Wildman–Crippen LogP) is 2.95. The van der Waals surface area contributed by atoms with Crippen LogP contribution in [0.1, 0.15) is 36.5 Å². The second-order valence-corrected chi connectivity index (χ2v) is 6.13. The summed E-state index contributed by atoms with van der Waals surface area (Å²) >= 11 is 4.92. The molecule has 23 heavy (non-hydrogen) atoms. The van der Waals surface area contributed by atoms with Gasteiger partial charge in [0.05, 0.1) is 17.5 Å². The van der Waals surface area contributed by atoms with Crippen LogP contribution in [-0.4, -0.2) is 30.0 Å². The molecule has 1 aliphatic rings. The third kappa shape index (κ3) is 3.01. The highest BCUT2D eigenvalue weighted by atomic mass is 32.1. The fourth-order valence-corrected chi connectivity index (χ4v) is 2.98. The molecular weight excluding hydrogens is 316 g/mol. The van der Waals surface area contributed by atoms with E-state index in [1.165, 1.54) is 0 Å². The topological polar surface area (TPSA) is 84.3 Å². The van der Waals surface area contributed by atoms with Crippen molar-refractivity contribution >= 4 is 35.2 Å². The molecule has 1 aromatic heterocycles. The molecule has 3 rings (SSSR count). The molecule has 0 bridgehead atoms. The van der Waals surface area contributed by atoms with Crippen LogP contribution in [0, 0.1) is 10.3 Å². The van der Waals surface area contributed by atoms with Crippen LogP contribution < -0.4 is 5.32 Å². The average molecular weight is 334 g/mol. The second kappa shape index (κ2) is 6.16. The van der Waals surface area contributed by atoms with Crippen LogP contribution >= 0.6 is 12.2 Å². The quantitative estimate of drug-likeness (QED) is 0.649. The molecule has 0 radical (unpaired) electrons. The lowest BCUT2D eigenvalue weighted by atomic mass is 9.68. The average Bonchev–Trinajstić information content (AvgIpc) is 2.85. The first kappa shape index (κ1) is 15.7. The zero-order valence-corrected chi connectivity index (χ0v) is 13.6. The van der Waals surface area contributed by atoms with Crippen LogP contribution in [0.4, 0.5) is 0 Å². The first-order valence-electron chi connectivity index (χ1n) is 7.62. The molecule has 1 aliphatic carbocycles. The number of ether oxygens (including phenoxy) is 1. The number of aromatic amines is 1. The maximum atomic E-state index is 12.3. The number of nitrogens with one attached hydrogen (secondary N) is 2. The number of fused-ring (bicyclic) bond motifs is 1. The highest BCUT2D eigenvalue weighted by Crippen LogP contribution is 2.41. The number of oxazole rings is 1. The summed E-state index contributed by atoms with van der Waals surface area (Å²) in [6.07, 6.45) is 2.47. The molecule has 0 unspecified atom stereocenters. The largest absolute Gasteiger partial charge is 0.466 e. The van der Waals surface area contributed by atoms with Crippen LogP contribution in [0.2, 0.25) is 0 Å². The minimum atomic E-state index is -0.567. The summed E-state index contributed by atoms with van der Waals surface area (Å²) in [6.45, 7) is 2.43. The Morgan fingerprint density at radius 2 is 2.22 bits per heavy atom. The van der Waals surface area contributed by atoms with Crippen molar-refractivity contribution in [1.29, 1.82) is 0 Å². The number of amides is 1. The summed E-state index contributed by atoms with van der Waals surface area (Å²) < 4.78 is 10.4. The molecule has 7 heteroatoms. The van der Waals surface area contributed by atoms with Gasteiger partial charge in [-0.15, -0.1) is 0 Å². The van der Waals surface area contributed by atoms with Crippen LogP contribution in [-0.2, 0) is 9.53 Å². The number of esters is 1. The first-order valence-corrected chi connectivity index (χ1v) is 8.03. The van der Waals surface area contributed by atoms with Gasteiger partial charge < -0.3 is 19.5 Å². The molecule has 122 valence electrons. The number of H-pyrrole nitrogens is 1. The van der Waals surface area contributed by atoms with E-state index < -0.39 is 5.41 Å². The molecule has 0 atom stereocenters. The number of aromatic nitrogens is 1. The van der Waals surface area contributed by atoms with Gasteiger partial charge in [-0.05, 0) is 50.2 Å². The lowest BCUT2D eigenvalue weighted by Gasteiger charge is -2.39. The minimum absolute atomic E-state index is 0.224. The van der Waals surface area contributed by atoms with E-state index >= 15 is 0 Å². The smallest absolute Gasteiger partial charge is 0.313 e. The Morgan fingerprint density at radius 1 is 1.43 bits per heavy atom. The number of carbonyl (C=O) groups is 2. The van der Waals surface area contributed by atoms with Gasteiger partial charge in [0.1, 0.15) is 0 Å². The molecule has 2 aromatic rings. The number of carbonyl (C=O) groups excluding carboxylic acids is 2. The minimum Gasteiger partial charge on any atom is -0.466 e. The van der Waals surface area contributed by atoms with Crippen LogP contribution in [0.15, 0.2) is 22.6 Å². The molecule has 6 nitrogen and oxygen atoms in total. The van der Waals surface area contributed by atoms with Gasteiger partial charge in [0.25, 0.3) is 10.7 Å². The monoisotopic (exact) mass is 334 g/mol. The first-order chi connectivity index (χ1) is 11.0. The number of rotatable bonds is 5. The molecule has 0 aliphatic heterocycles. The van der Waals surface area contributed by atoms with Crippen molar-refractivity contribution in [1.82, 2.24) is 10.3 Å². The highest BCUT2D eigenvalue weighted by molar-refractivity contribution is 7.71. The van der Waals surface area contributed by atoms with E-state index in [9.17, 15) is 9.59 Å². The SMILES string of the molecule is CCOC(=O)C1(CNC(=O)c2ccc3[nH]c(=S)oc3c2)CCC1. The van der Waals surface area contributed by atoms with Gasteiger partial charge in [0.15, 0.2) is 5.58 Å². The van der Waals surface area contributed by atoms with Gasteiger partial charge in [-0.2, -0.15) is 0 Å². The van der Waals surface area contributed by atoms with Crippen molar-refractivity contribution in [2.75, 3.05) is 13.2 Å². The van der Waals surface area contributed by atoms with Gasteiger partial charge >= 0.3 is 5.97 Å². The van der Waals surface area contributed by atoms with Crippen LogP contribution in [0.3, 0.4) is 0 Å². The number of hydrogen-bond donors (Lipinski definition) is 2. The Morgan fingerprint density at radius 3 is 2.87 bits per heavy atom. The summed E-state index contributed by atoms with van der Waals surface area (Å²) in [6, 6.07) is 5.07. The number of benzene rings is 1. The van der Waals surface area contributed by atoms with Crippen molar-refractivity contribution in [3.63, 3.8) is 0 Å². The summed E-state index contributed by atoms with van der Waals surface area (Å²) in [5.41, 5.74) is 1.18. The molecule has 1 aromatic carbocycles. The fraction of sp³-hybridized carbons (Fsp3) is 0.438. The van der Waals surface area contributed by atoms with E-state index in [2.05, 4.69) is 10.3 Å². The van der Waals surface area contributed by atoms with Gasteiger partial charge in [0.2, 0.25) is 0 Å². The van der Waals surface area contributed by atoms with E-state index in [-0.39, 0.29) is 16.7 Å². The summed E-state index contributed by atoms with van der Waals surface area (Å²) in [5, 5.41) is 2.83. The summed E-state index contributed by atoms with van der Waals surface area (Å²) in [4.78, 5) is 27.5. The normalized spacial score (nSPS) is 15.9. The molecule has 0 spiro atoms. The Hall–Kier alpha value is -2.15. The molecule has 0 saturated heterocycles. The Bertz CT molecular complexity index is 804. The zero-order valence-electron chi connectivity index (χ0n) is 12.8. The van der Waals surface area contributed by atoms with E-state index in [0.717, 1.165) is 24.8 Å². The maximum Gasteiger partial charge on any atom is 0.313 e. The van der Waals surface area contributed by atoms with Gasteiger partial charge in [-0.25, -0.2) is 0 Å². The third-order valence-corrected chi connectivity index (χ3v) is 4.48. The third-order valence-electron chi connectivity index (χ3n) is 4.29. The van der Waals surface area contributed by atoms with Gasteiger partial charge in [-0.1, -0.05) is 6.42 Å². The van der Waals surface area contributed by atoms with Crippen molar-refractivity contribution < 1.29 is 18.7 Å². The van der Waals surface area contributed by atoms with Crippen molar-refractivity contribution in [2.24, 2.45) is 5.41 Å². The molecular formula is C16H18N2O4S. The molecule has 1 saturated carbocycles. The van der Waals surface area contributed by atoms with E-state index in [4.69, 9.17) is 21.4 Å². The Kier molecular flexibility index (Phi) is 4.21. The second-order valence-electron chi connectivity index (χ2n) is 5.76. The zero-order chi connectivity index (χ0) is 16.4. The van der Waals surface area contributed by atoms with Crippen molar-refractivity contribution in [2.45, 2.75) is 26.2 Å². The standard InChI is InChI=1S/C16H18N2O4S/c1-2-21-14(20)16(6-3-7-16)9-17-13(19)10-4-5-11-12(8-10)22-15(23)18-11/h4-5,8H,2-3,6-7,9H2,1H3,(H,17,19)(H,18,23). The number of hydrogen-bond acceptors (Lipinski definition) is 5. The lowest BCUT2D eigenvalue weighted by molar-refractivity contribution is -0.160. The molecule has 1 fully saturated rings. The fourth-order valence-electron chi connectivity index (χ4n) is 2.78. The van der Waals surface area contributed by atoms with E-state index in [0.29, 0.717) is 24.3 Å². The Balaban J connectivity index is 1.70. The molecule has 2 N–H and O–H groups in total. The Labute approximate surface area is 138 Å². The van der Waals surface area contributed by atoms with E-state index in [1.54, 1.807) is 25.1 Å². The van der Waals surface area contributed by atoms with Gasteiger partial charge in [0, 0.05) is 12.1 Å². The lowest BCUT2D eigenvalue weighted by Crippen LogP contribution is -2.48. The van der Waals surface area contributed by atoms with Crippen molar-refractivity contribution in [3.05, 3.63) is 28.6 Å². The molecule has 1 amide bonds. The van der Waals surface area contributed by atoms with Crippen molar-refractivity contribution in [3.8, 4) is 0 Å². The summed E-state index contributed by atoms with van der Waals surface area (Å²) in [5.74, 6) is -0.469. The molecule has 1 heterocycles. The highest BCUT2D eigenvalue weighted by Gasteiger charge is 2.45. The maximum absolute atomic E-state index is 12.3.